The van der Waals surface area contributed by atoms with Crippen molar-refractivity contribution in [1.29, 1.82) is 0 Å². The molecule has 3 N–H and O–H groups in total. The molecular weight excluding hydrogens is 392 g/mol. The molecule has 1 atom stereocenters. The SMILES string of the molecule is CCCCCCCC(CCCCCC)OC(=O)/C=C\C(=O)O.O=C(O)/C=C/C(=O)O. The Labute approximate surface area is 178 Å². The highest BCUT2D eigenvalue weighted by Gasteiger charge is 2.12. The van der Waals surface area contributed by atoms with Crippen molar-refractivity contribution in [2.45, 2.75) is 90.6 Å². The summed E-state index contributed by atoms with van der Waals surface area (Å²) in [7, 11) is 0. The van der Waals surface area contributed by atoms with Crippen molar-refractivity contribution >= 4 is 23.9 Å². The molecule has 0 aromatic heterocycles. The summed E-state index contributed by atoms with van der Waals surface area (Å²) in [6.45, 7) is 4.36. The average molecular weight is 429 g/mol. The predicted octanol–water partition coefficient (Wildman–Crippen LogP) is 4.58. The highest BCUT2D eigenvalue weighted by Crippen LogP contribution is 2.16. The fourth-order valence-electron chi connectivity index (χ4n) is 2.52. The number of aliphatic carboxylic acids is 3. The molecule has 0 aliphatic heterocycles. The molecular formula is C22H36O8. The van der Waals surface area contributed by atoms with Gasteiger partial charge in [0.15, 0.2) is 0 Å². The van der Waals surface area contributed by atoms with Crippen LogP contribution in [0.5, 0.6) is 0 Å². The van der Waals surface area contributed by atoms with Crippen LogP contribution in [0.15, 0.2) is 24.3 Å². The van der Waals surface area contributed by atoms with Crippen LogP contribution in [-0.2, 0) is 23.9 Å². The number of unbranched alkanes of at least 4 members (excludes halogenated alkanes) is 7. The molecule has 0 bridgehead atoms. The maximum Gasteiger partial charge on any atom is 0.331 e. The van der Waals surface area contributed by atoms with Crippen molar-refractivity contribution in [2.24, 2.45) is 0 Å². The summed E-state index contributed by atoms with van der Waals surface area (Å²) in [6.07, 6.45) is 15.2. The van der Waals surface area contributed by atoms with E-state index in [1.54, 1.807) is 0 Å². The molecule has 0 amide bonds. The van der Waals surface area contributed by atoms with Gasteiger partial charge in [-0.15, -0.1) is 0 Å². The van der Waals surface area contributed by atoms with Crippen LogP contribution in [0.3, 0.4) is 0 Å². The number of carbonyl (C=O) groups is 4. The molecule has 0 aromatic rings. The Morgan fingerprint density at radius 3 is 1.40 bits per heavy atom. The summed E-state index contributed by atoms with van der Waals surface area (Å²) < 4.78 is 5.40. The zero-order valence-electron chi connectivity index (χ0n) is 18.0. The summed E-state index contributed by atoms with van der Waals surface area (Å²) in [6, 6.07) is 0. The van der Waals surface area contributed by atoms with Gasteiger partial charge in [0.2, 0.25) is 0 Å². The van der Waals surface area contributed by atoms with Gasteiger partial charge >= 0.3 is 23.9 Å². The largest absolute Gasteiger partial charge is 0.478 e. The third kappa shape index (κ3) is 25.4. The number of carboxylic acids is 3. The second kappa shape index (κ2) is 21.1. The number of hydrogen-bond acceptors (Lipinski definition) is 5. The van der Waals surface area contributed by atoms with E-state index in [1.807, 2.05) is 0 Å². The lowest BCUT2D eigenvalue weighted by Gasteiger charge is -2.17. The monoisotopic (exact) mass is 428 g/mol. The molecule has 0 aromatic carbocycles. The highest BCUT2D eigenvalue weighted by molar-refractivity contribution is 5.91. The van der Waals surface area contributed by atoms with Crippen molar-refractivity contribution in [3.05, 3.63) is 24.3 Å². The van der Waals surface area contributed by atoms with Gasteiger partial charge in [-0.1, -0.05) is 58.8 Å². The van der Waals surface area contributed by atoms with Crippen molar-refractivity contribution in [2.75, 3.05) is 0 Å². The molecule has 0 aliphatic rings. The molecule has 0 aliphatic carbocycles. The molecule has 172 valence electrons. The Morgan fingerprint density at radius 2 is 1.00 bits per heavy atom. The lowest BCUT2D eigenvalue weighted by Crippen LogP contribution is -2.17. The maximum atomic E-state index is 11.6. The van der Waals surface area contributed by atoms with Crippen molar-refractivity contribution < 1.29 is 39.2 Å². The Bertz CT molecular complexity index is 535. The Balaban J connectivity index is 0. The second-order valence-corrected chi connectivity index (χ2v) is 6.79. The Morgan fingerprint density at radius 1 is 0.633 bits per heavy atom. The molecule has 8 heteroatoms. The summed E-state index contributed by atoms with van der Waals surface area (Å²) >= 11 is 0. The molecule has 1 unspecified atom stereocenters. The minimum Gasteiger partial charge on any atom is -0.478 e. The van der Waals surface area contributed by atoms with Crippen LogP contribution in [0.1, 0.15) is 84.5 Å². The first-order valence-electron chi connectivity index (χ1n) is 10.5. The number of esters is 1. The minimum absolute atomic E-state index is 0.0792. The van der Waals surface area contributed by atoms with Gasteiger partial charge < -0.3 is 20.1 Å². The number of rotatable bonds is 16. The lowest BCUT2D eigenvalue weighted by atomic mass is 10.0. The normalized spacial score (nSPS) is 11.7. The first kappa shape index (κ1) is 29.6. The van der Waals surface area contributed by atoms with E-state index in [9.17, 15) is 19.2 Å². The quantitative estimate of drug-likeness (QED) is 0.184. The van der Waals surface area contributed by atoms with Crippen molar-refractivity contribution in [1.82, 2.24) is 0 Å². The standard InChI is InChI=1S/C18H32O4.C4H4O4/c1-3-5-7-9-11-13-16(12-10-8-6-4-2)22-18(21)15-14-17(19)20;5-3(6)1-2-4(7)8/h14-16H,3-13H2,1-2H3,(H,19,20);1-2H,(H,5,6)(H,7,8)/b15-14-;2-1+. The topological polar surface area (TPSA) is 138 Å². The number of carboxylic acid groups (broad SMARTS) is 3. The van der Waals surface area contributed by atoms with Gasteiger partial charge in [-0.2, -0.15) is 0 Å². The molecule has 0 rings (SSSR count). The van der Waals surface area contributed by atoms with Crippen LogP contribution in [0.25, 0.3) is 0 Å². The van der Waals surface area contributed by atoms with E-state index < -0.39 is 23.9 Å². The van der Waals surface area contributed by atoms with E-state index in [0.717, 1.165) is 44.3 Å². The lowest BCUT2D eigenvalue weighted by molar-refractivity contribution is -0.144. The van der Waals surface area contributed by atoms with Crippen molar-refractivity contribution in [3.63, 3.8) is 0 Å². The van der Waals surface area contributed by atoms with Gasteiger partial charge in [-0.25, -0.2) is 19.2 Å². The number of carbonyl (C=O) groups excluding carboxylic acids is 1. The van der Waals surface area contributed by atoms with Crippen LogP contribution in [0, 0.1) is 0 Å². The smallest absolute Gasteiger partial charge is 0.331 e. The van der Waals surface area contributed by atoms with Crippen LogP contribution in [0.2, 0.25) is 0 Å². The summed E-state index contributed by atoms with van der Waals surface area (Å²) in [5, 5.41) is 24.2. The van der Waals surface area contributed by atoms with Gasteiger partial charge in [0, 0.05) is 24.3 Å². The highest BCUT2D eigenvalue weighted by atomic mass is 16.5. The van der Waals surface area contributed by atoms with Gasteiger partial charge in [0.1, 0.15) is 6.10 Å². The molecule has 0 saturated carbocycles. The van der Waals surface area contributed by atoms with Gasteiger partial charge in [0.25, 0.3) is 0 Å². The summed E-state index contributed by atoms with van der Waals surface area (Å²) in [5.41, 5.74) is 0. The summed E-state index contributed by atoms with van der Waals surface area (Å²) in [5.74, 6) is -4.19. The Hall–Kier alpha value is -2.64. The molecule has 0 saturated heterocycles. The molecule has 30 heavy (non-hydrogen) atoms. The maximum absolute atomic E-state index is 11.6. The van der Waals surface area contributed by atoms with E-state index in [0.29, 0.717) is 12.2 Å². The third-order valence-corrected chi connectivity index (χ3v) is 4.02. The fraction of sp³-hybridized carbons (Fsp3) is 0.636. The van der Waals surface area contributed by atoms with E-state index >= 15 is 0 Å². The Kier molecular flexibility index (Phi) is 20.8. The first-order valence-corrected chi connectivity index (χ1v) is 10.5. The molecule has 0 fully saturated rings. The van der Waals surface area contributed by atoms with Gasteiger partial charge in [-0.3, -0.25) is 0 Å². The van der Waals surface area contributed by atoms with E-state index in [2.05, 4.69) is 13.8 Å². The van der Waals surface area contributed by atoms with Gasteiger partial charge in [0.05, 0.1) is 0 Å². The third-order valence-electron chi connectivity index (χ3n) is 4.02. The molecule has 8 nitrogen and oxygen atoms in total. The summed E-state index contributed by atoms with van der Waals surface area (Å²) in [4.78, 5) is 41.1. The van der Waals surface area contributed by atoms with Crippen LogP contribution in [0.4, 0.5) is 0 Å². The molecule has 0 spiro atoms. The minimum atomic E-state index is -1.26. The second-order valence-electron chi connectivity index (χ2n) is 6.79. The van der Waals surface area contributed by atoms with Crippen LogP contribution >= 0.6 is 0 Å². The van der Waals surface area contributed by atoms with Crippen molar-refractivity contribution in [3.8, 4) is 0 Å². The fourth-order valence-corrected chi connectivity index (χ4v) is 2.52. The predicted molar refractivity (Wildman–Crippen MR) is 113 cm³/mol. The molecule has 0 radical (unpaired) electrons. The van der Waals surface area contributed by atoms with Gasteiger partial charge in [-0.05, 0) is 25.7 Å². The zero-order chi connectivity index (χ0) is 23.2. The number of hydrogen-bond donors (Lipinski definition) is 3. The first-order chi connectivity index (χ1) is 14.2. The average Bonchev–Trinajstić information content (AvgIpc) is 2.68. The van der Waals surface area contributed by atoms with E-state index in [1.165, 1.54) is 38.5 Å². The number of ether oxygens (including phenoxy) is 1. The molecule has 0 heterocycles. The zero-order valence-corrected chi connectivity index (χ0v) is 18.0. The van der Waals surface area contributed by atoms with E-state index in [4.69, 9.17) is 20.1 Å². The van der Waals surface area contributed by atoms with Crippen LogP contribution < -0.4 is 0 Å². The van der Waals surface area contributed by atoms with Crippen LogP contribution in [-0.4, -0.2) is 45.3 Å². The van der Waals surface area contributed by atoms with E-state index in [-0.39, 0.29) is 6.10 Å².